The van der Waals surface area contributed by atoms with Crippen LogP contribution >= 0.6 is 11.8 Å². The lowest BCUT2D eigenvalue weighted by molar-refractivity contribution is 0.589. The quantitative estimate of drug-likeness (QED) is 0.227. The van der Waals surface area contributed by atoms with Gasteiger partial charge in [0.2, 0.25) is 0 Å². The molecule has 0 heterocycles. The molecule has 4 aromatic rings. The van der Waals surface area contributed by atoms with Gasteiger partial charge in [0, 0.05) is 9.79 Å². The van der Waals surface area contributed by atoms with Crippen LogP contribution in [-0.2, 0) is 27.1 Å². The summed E-state index contributed by atoms with van der Waals surface area (Å²) in [6, 6.07) is 36.8. The number of rotatable bonds is 5. The lowest BCUT2D eigenvalue weighted by atomic mass is 9.87. The minimum atomic E-state index is -0.162. The molecule has 0 saturated heterocycles. The van der Waals surface area contributed by atoms with Crippen molar-refractivity contribution in [1.29, 1.82) is 0 Å². The van der Waals surface area contributed by atoms with Crippen LogP contribution in [0.15, 0.2) is 122 Å². The van der Waals surface area contributed by atoms with Crippen LogP contribution in [0.4, 0.5) is 0 Å². The summed E-state index contributed by atoms with van der Waals surface area (Å²) in [7, 11) is -0.162. The highest BCUT2D eigenvalue weighted by atomic mass is 32.2. The van der Waals surface area contributed by atoms with Crippen LogP contribution in [0.1, 0.15) is 79.0 Å². The Bertz CT molecular complexity index is 1270. The van der Waals surface area contributed by atoms with Crippen molar-refractivity contribution in [2.45, 2.75) is 103 Å². The lowest BCUT2D eigenvalue weighted by Crippen LogP contribution is -2.13. The zero-order valence-corrected chi connectivity index (χ0v) is 26.2. The molecule has 0 aliphatic heterocycles. The first-order chi connectivity index (χ1) is 17.7. The van der Waals surface area contributed by atoms with Gasteiger partial charge in [0.05, 0.1) is 10.9 Å². The van der Waals surface area contributed by atoms with E-state index in [0.29, 0.717) is 0 Å². The molecule has 0 N–H and O–H groups in total. The van der Waals surface area contributed by atoms with E-state index in [1.807, 2.05) is 11.8 Å². The highest BCUT2D eigenvalue weighted by Crippen LogP contribution is 2.36. The van der Waals surface area contributed by atoms with Crippen LogP contribution < -0.4 is 0 Å². The van der Waals surface area contributed by atoms with E-state index in [9.17, 15) is 0 Å². The van der Waals surface area contributed by atoms with Crippen LogP contribution in [0.3, 0.4) is 0 Å². The van der Waals surface area contributed by atoms with Crippen LogP contribution in [0, 0.1) is 0 Å². The Hall–Kier alpha value is -2.42. The Morgan fingerprint density at radius 2 is 0.605 bits per heavy atom. The van der Waals surface area contributed by atoms with Gasteiger partial charge in [-0.15, -0.1) is 0 Å². The Balaban J connectivity index is 1.65. The zero-order valence-electron chi connectivity index (χ0n) is 24.6. The standard InChI is InChI=1S/C36H43S2/c1-34(2,3)26-10-16-29(17-11-26)37-30-18-24-33(25-19-30)38(31-20-12-27(13-21-31)35(4,5)6)32-22-14-28(15-23-32)36(7,8)9/h10-25H,1-9H3/q+1. The molecule has 0 fully saturated rings. The van der Waals surface area contributed by atoms with E-state index >= 15 is 0 Å². The van der Waals surface area contributed by atoms with Gasteiger partial charge in [-0.2, -0.15) is 0 Å². The Morgan fingerprint density at radius 3 is 0.895 bits per heavy atom. The molecule has 0 bridgehead atoms. The molecule has 198 valence electrons. The molecule has 4 rings (SSSR count). The van der Waals surface area contributed by atoms with E-state index in [-0.39, 0.29) is 27.1 Å². The van der Waals surface area contributed by atoms with Crippen molar-refractivity contribution >= 4 is 22.7 Å². The van der Waals surface area contributed by atoms with Gasteiger partial charge < -0.3 is 0 Å². The summed E-state index contributed by atoms with van der Waals surface area (Å²) < 4.78 is 0. The number of hydrogen-bond acceptors (Lipinski definition) is 1. The van der Waals surface area contributed by atoms with Gasteiger partial charge >= 0.3 is 0 Å². The monoisotopic (exact) mass is 539 g/mol. The maximum Gasteiger partial charge on any atom is 0.166 e. The predicted molar refractivity (Wildman–Crippen MR) is 168 cm³/mol. The second kappa shape index (κ2) is 11.0. The van der Waals surface area contributed by atoms with E-state index in [2.05, 4.69) is 159 Å². The SMILES string of the molecule is CC(C)(C)c1ccc(Sc2ccc([S+](c3ccc(C(C)(C)C)cc3)c3ccc(C(C)(C)C)cc3)cc2)cc1. The molecule has 0 nitrogen and oxygen atoms in total. The Labute approximate surface area is 238 Å². The Morgan fingerprint density at radius 1 is 0.368 bits per heavy atom. The van der Waals surface area contributed by atoms with Crippen molar-refractivity contribution in [2.24, 2.45) is 0 Å². The third-order valence-corrected chi connectivity index (χ3v) is 10.2. The summed E-state index contributed by atoms with van der Waals surface area (Å²) in [5, 5.41) is 0. The first kappa shape index (κ1) is 28.6. The van der Waals surface area contributed by atoms with Gasteiger partial charge in [-0.3, -0.25) is 0 Å². The van der Waals surface area contributed by atoms with Gasteiger partial charge in [0.15, 0.2) is 14.7 Å². The number of benzene rings is 4. The first-order valence-electron chi connectivity index (χ1n) is 13.6. The van der Waals surface area contributed by atoms with E-state index in [1.165, 1.54) is 41.2 Å². The molecular weight excluding hydrogens is 497 g/mol. The molecular formula is C36H43S2+. The molecule has 0 aromatic heterocycles. The van der Waals surface area contributed by atoms with E-state index in [1.54, 1.807) is 0 Å². The van der Waals surface area contributed by atoms with Crippen molar-refractivity contribution in [1.82, 2.24) is 0 Å². The molecule has 0 aliphatic carbocycles. The molecule has 38 heavy (non-hydrogen) atoms. The summed E-state index contributed by atoms with van der Waals surface area (Å²) >= 11 is 1.83. The molecule has 0 unspecified atom stereocenters. The maximum atomic E-state index is 2.33. The third kappa shape index (κ3) is 6.96. The van der Waals surface area contributed by atoms with Crippen LogP contribution in [0.2, 0.25) is 0 Å². The first-order valence-corrected chi connectivity index (χ1v) is 15.6. The fourth-order valence-electron chi connectivity index (χ4n) is 4.39. The second-order valence-electron chi connectivity index (χ2n) is 13.2. The fourth-order valence-corrected chi connectivity index (χ4v) is 7.25. The zero-order chi connectivity index (χ0) is 27.7. The fraction of sp³-hybridized carbons (Fsp3) is 0.333. The Kier molecular flexibility index (Phi) is 8.26. The normalized spacial score (nSPS) is 12.7. The molecule has 0 saturated carbocycles. The largest absolute Gasteiger partial charge is 0.166 e. The summed E-state index contributed by atoms with van der Waals surface area (Å²) in [4.78, 5) is 6.62. The van der Waals surface area contributed by atoms with Gasteiger partial charge in [0.1, 0.15) is 0 Å². The van der Waals surface area contributed by atoms with Crippen molar-refractivity contribution in [3.63, 3.8) is 0 Å². The van der Waals surface area contributed by atoms with Gasteiger partial charge in [0.25, 0.3) is 0 Å². The second-order valence-corrected chi connectivity index (χ2v) is 16.4. The molecule has 0 aliphatic rings. The average molecular weight is 540 g/mol. The summed E-state index contributed by atoms with van der Waals surface area (Å²) in [5.74, 6) is 0. The highest BCUT2D eigenvalue weighted by Gasteiger charge is 2.30. The summed E-state index contributed by atoms with van der Waals surface area (Å²) in [5.41, 5.74) is 4.59. The predicted octanol–water partition coefficient (Wildman–Crippen LogP) is 10.8. The summed E-state index contributed by atoms with van der Waals surface area (Å²) in [6.45, 7) is 20.5. The summed E-state index contributed by atoms with van der Waals surface area (Å²) in [6.07, 6.45) is 0. The van der Waals surface area contributed by atoms with Gasteiger partial charge in [-0.25, -0.2) is 0 Å². The minimum absolute atomic E-state index is 0.148. The van der Waals surface area contributed by atoms with Gasteiger partial charge in [-0.1, -0.05) is 110 Å². The van der Waals surface area contributed by atoms with Crippen LogP contribution in [-0.4, -0.2) is 0 Å². The molecule has 0 atom stereocenters. The molecule has 0 spiro atoms. The van der Waals surface area contributed by atoms with E-state index < -0.39 is 0 Å². The minimum Gasteiger partial charge on any atom is -0.0901 e. The third-order valence-electron chi connectivity index (χ3n) is 6.93. The van der Waals surface area contributed by atoms with E-state index in [4.69, 9.17) is 0 Å². The van der Waals surface area contributed by atoms with Crippen molar-refractivity contribution in [2.75, 3.05) is 0 Å². The number of hydrogen-bond donors (Lipinski definition) is 0. The van der Waals surface area contributed by atoms with Crippen LogP contribution in [0.5, 0.6) is 0 Å². The smallest absolute Gasteiger partial charge is 0.0901 e. The van der Waals surface area contributed by atoms with Crippen molar-refractivity contribution in [3.05, 3.63) is 114 Å². The van der Waals surface area contributed by atoms with Crippen molar-refractivity contribution in [3.8, 4) is 0 Å². The van der Waals surface area contributed by atoms with Crippen molar-refractivity contribution < 1.29 is 0 Å². The average Bonchev–Trinajstić information content (AvgIpc) is 2.85. The highest BCUT2D eigenvalue weighted by molar-refractivity contribution is 7.99. The molecule has 0 amide bonds. The molecule has 0 radical (unpaired) electrons. The van der Waals surface area contributed by atoms with E-state index in [0.717, 1.165) is 0 Å². The van der Waals surface area contributed by atoms with Gasteiger partial charge in [-0.05, 0) is 93.6 Å². The maximum absolute atomic E-state index is 2.33. The van der Waals surface area contributed by atoms with Crippen LogP contribution in [0.25, 0.3) is 0 Å². The topological polar surface area (TPSA) is 0 Å². The molecule has 2 heteroatoms. The lowest BCUT2D eigenvalue weighted by Gasteiger charge is -2.20. The molecule has 4 aromatic carbocycles.